The molecule has 2 nitrogen and oxygen atoms in total. The summed E-state index contributed by atoms with van der Waals surface area (Å²) in [5.74, 6) is 1.72. The van der Waals surface area contributed by atoms with Crippen molar-refractivity contribution in [2.75, 3.05) is 7.11 Å². The Balaban J connectivity index is 1.77. The lowest BCUT2D eigenvalue weighted by Crippen LogP contribution is -2.03. The van der Waals surface area contributed by atoms with Crippen LogP contribution in [0.2, 0.25) is 0 Å². The van der Waals surface area contributed by atoms with E-state index in [1.54, 1.807) is 18.4 Å². The van der Waals surface area contributed by atoms with Crippen LogP contribution in [0.4, 0.5) is 0 Å². The highest BCUT2D eigenvalue weighted by Gasteiger charge is 2.44. The van der Waals surface area contributed by atoms with Gasteiger partial charge < -0.3 is 4.74 Å². The zero-order valence-electron chi connectivity index (χ0n) is 11.1. The van der Waals surface area contributed by atoms with E-state index in [0.29, 0.717) is 5.92 Å². The largest absolute Gasteiger partial charge is 0.496 e. The minimum atomic E-state index is 0.173. The van der Waals surface area contributed by atoms with Gasteiger partial charge in [-0.25, -0.2) is 0 Å². The maximum absolute atomic E-state index is 12.4. The van der Waals surface area contributed by atoms with Gasteiger partial charge in [-0.2, -0.15) is 0 Å². The van der Waals surface area contributed by atoms with Crippen molar-refractivity contribution in [2.45, 2.75) is 19.3 Å². The van der Waals surface area contributed by atoms with E-state index in [-0.39, 0.29) is 11.7 Å². The third kappa shape index (κ3) is 2.30. The van der Waals surface area contributed by atoms with Crippen molar-refractivity contribution in [1.82, 2.24) is 0 Å². The van der Waals surface area contributed by atoms with E-state index in [0.717, 1.165) is 23.3 Å². The van der Waals surface area contributed by atoms with Gasteiger partial charge in [0, 0.05) is 22.3 Å². The van der Waals surface area contributed by atoms with Crippen molar-refractivity contribution >= 4 is 17.1 Å². The quantitative estimate of drug-likeness (QED) is 0.785. The molecule has 0 amide bonds. The van der Waals surface area contributed by atoms with E-state index < -0.39 is 0 Å². The normalized spacial score (nSPS) is 21.2. The summed E-state index contributed by atoms with van der Waals surface area (Å²) in [6.07, 6.45) is 0.990. The lowest BCUT2D eigenvalue weighted by Gasteiger charge is -2.06. The number of benzene rings is 1. The number of aryl methyl sites for hydroxylation is 1. The number of methoxy groups -OCH3 is 1. The molecule has 2 atom stereocenters. The van der Waals surface area contributed by atoms with E-state index in [4.69, 9.17) is 4.74 Å². The van der Waals surface area contributed by atoms with Gasteiger partial charge in [-0.3, -0.25) is 4.79 Å². The fourth-order valence-electron chi connectivity index (χ4n) is 2.55. The number of thiophene rings is 1. The topological polar surface area (TPSA) is 26.3 Å². The third-order valence-electron chi connectivity index (χ3n) is 3.72. The Bertz CT molecular complexity index is 601. The van der Waals surface area contributed by atoms with Crippen LogP contribution in [0, 0.1) is 12.8 Å². The molecule has 1 heterocycles. The minimum absolute atomic E-state index is 0.173. The highest BCUT2D eigenvalue weighted by Crippen LogP contribution is 2.50. The van der Waals surface area contributed by atoms with Crippen LogP contribution in [0.1, 0.15) is 33.1 Å². The number of ether oxygens (including phenoxy) is 1. The fourth-order valence-corrected chi connectivity index (χ4v) is 3.45. The Hall–Kier alpha value is -1.61. The molecule has 0 saturated heterocycles. The van der Waals surface area contributed by atoms with Crippen molar-refractivity contribution in [3.63, 3.8) is 0 Å². The molecule has 3 rings (SSSR count). The second kappa shape index (κ2) is 4.82. The van der Waals surface area contributed by atoms with E-state index in [1.165, 1.54) is 4.88 Å². The van der Waals surface area contributed by atoms with Gasteiger partial charge in [0.1, 0.15) is 5.75 Å². The number of carbonyl (C=O) groups excluding carboxylic acids is 1. The number of carbonyl (C=O) groups is 1. The lowest BCUT2D eigenvalue weighted by molar-refractivity contribution is 0.0965. The first-order valence-electron chi connectivity index (χ1n) is 6.43. The molecule has 0 spiro atoms. The van der Waals surface area contributed by atoms with Gasteiger partial charge in [0.15, 0.2) is 5.78 Å². The molecular weight excluding hydrogens is 256 g/mol. The molecule has 1 aliphatic rings. The number of Topliss-reactive ketones (excluding diaryl/α,β-unsaturated/α-hetero) is 1. The summed E-state index contributed by atoms with van der Waals surface area (Å²) in [6, 6.07) is 9.87. The molecule has 0 N–H and O–H groups in total. The standard InChI is InChI=1S/C16H16O2S/c1-10-8-11(5-6-14(10)18-2)16(17)13-9-12(13)15-4-3-7-19-15/h3-8,12-13H,9H2,1-2H3. The average molecular weight is 272 g/mol. The zero-order valence-corrected chi connectivity index (χ0v) is 11.9. The van der Waals surface area contributed by atoms with Crippen LogP contribution in [0.5, 0.6) is 5.75 Å². The molecule has 19 heavy (non-hydrogen) atoms. The SMILES string of the molecule is COc1ccc(C(=O)C2CC2c2cccs2)cc1C. The van der Waals surface area contributed by atoms with Crippen molar-refractivity contribution in [3.05, 3.63) is 51.7 Å². The van der Waals surface area contributed by atoms with Gasteiger partial charge in [-0.15, -0.1) is 11.3 Å². The summed E-state index contributed by atoms with van der Waals surface area (Å²) >= 11 is 1.75. The molecule has 0 aliphatic heterocycles. The van der Waals surface area contributed by atoms with Crippen molar-refractivity contribution in [2.24, 2.45) is 5.92 Å². The van der Waals surface area contributed by atoms with E-state index >= 15 is 0 Å². The summed E-state index contributed by atoms with van der Waals surface area (Å²) in [6.45, 7) is 1.97. The second-order valence-electron chi connectivity index (χ2n) is 5.01. The third-order valence-corrected chi connectivity index (χ3v) is 4.72. The van der Waals surface area contributed by atoms with Gasteiger partial charge in [-0.05, 0) is 48.6 Å². The monoisotopic (exact) mass is 272 g/mol. The molecule has 98 valence electrons. The van der Waals surface area contributed by atoms with Crippen LogP contribution in [0.3, 0.4) is 0 Å². The first kappa shape index (κ1) is 12.4. The Morgan fingerprint density at radius 1 is 1.37 bits per heavy atom. The molecule has 2 unspecified atom stereocenters. The van der Waals surface area contributed by atoms with Crippen molar-refractivity contribution < 1.29 is 9.53 Å². The van der Waals surface area contributed by atoms with Gasteiger partial charge >= 0.3 is 0 Å². The van der Waals surface area contributed by atoms with Crippen molar-refractivity contribution in [1.29, 1.82) is 0 Å². The lowest BCUT2D eigenvalue weighted by atomic mass is 10.0. The van der Waals surface area contributed by atoms with E-state index in [1.807, 2.05) is 25.1 Å². The summed E-state index contributed by atoms with van der Waals surface area (Å²) in [5.41, 5.74) is 1.82. The van der Waals surface area contributed by atoms with Gasteiger partial charge in [-0.1, -0.05) is 6.07 Å². The maximum Gasteiger partial charge on any atom is 0.166 e. The molecule has 1 fully saturated rings. The molecule has 1 aromatic heterocycles. The highest BCUT2D eigenvalue weighted by molar-refractivity contribution is 7.10. The predicted molar refractivity (Wildman–Crippen MR) is 77.2 cm³/mol. The summed E-state index contributed by atoms with van der Waals surface area (Å²) in [7, 11) is 1.65. The number of ketones is 1. The van der Waals surface area contributed by atoms with Gasteiger partial charge in [0.25, 0.3) is 0 Å². The molecule has 3 heteroatoms. The second-order valence-corrected chi connectivity index (χ2v) is 5.99. The van der Waals surface area contributed by atoms with E-state index in [9.17, 15) is 4.79 Å². The van der Waals surface area contributed by atoms with Crippen LogP contribution in [0.15, 0.2) is 35.7 Å². The van der Waals surface area contributed by atoms with Crippen LogP contribution in [-0.2, 0) is 0 Å². The first-order valence-corrected chi connectivity index (χ1v) is 7.31. The summed E-state index contributed by atoms with van der Waals surface area (Å²) < 4.78 is 5.23. The number of hydrogen-bond acceptors (Lipinski definition) is 3. The molecule has 0 bridgehead atoms. The van der Waals surface area contributed by atoms with Crippen LogP contribution in [-0.4, -0.2) is 12.9 Å². The van der Waals surface area contributed by atoms with Crippen LogP contribution in [0.25, 0.3) is 0 Å². The first-order chi connectivity index (χ1) is 9.20. The number of rotatable bonds is 4. The summed E-state index contributed by atoms with van der Waals surface area (Å²) in [5, 5.41) is 2.08. The highest BCUT2D eigenvalue weighted by atomic mass is 32.1. The van der Waals surface area contributed by atoms with Crippen molar-refractivity contribution in [3.8, 4) is 5.75 Å². The molecule has 1 saturated carbocycles. The predicted octanol–water partition coefficient (Wildman–Crippen LogP) is 4.05. The molecule has 0 radical (unpaired) electrons. The molecule has 2 aromatic rings. The summed E-state index contributed by atoms with van der Waals surface area (Å²) in [4.78, 5) is 13.8. The van der Waals surface area contributed by atoms with Crippen LogP contribution < -0.4 is 4.74 Å². The Morgan fingerprint density at radius 3 is 2.84 bits per heavy atom. The Kier molecular flexibility index (Phi) is 3.15. The average Bonchev–Trinajstić information content (AvgIpc) is 3.03. The number of hydrogen-bond donors (Lipinski definition) is 0. The van der Waals surface area contributed by atoms with E-state index in [2.05, 4.69) is 17.5 Å². The molecule has 1 aliphatic carbocycles. The zero-order chi connectivity index (χ0) is 13.4. The smallest absolute Gasteiger partial charge is 0.166 e. The minimum Gasteiger partial charge on any atom is -0.496 e. The molecular formula is C16H16O2S. The Labute approximate surface area is 117 Å². The Morgan fingerprint density at radius 2 is 2.21 bits per heavy atom. The van der Waals surface area contributed by atoms with Gasteiger partial charge in [0.2, 0.25) is 0 Å². The van der Waals surface area contributed by atoms with Crippen LogP contribution >= 0.6 is 11.3 Å². The molecule has 1 aromatic carbocycles. The fraction of sp³-hybridized carbons (Fsp3) is 0.312. The maximum atomic E-state index is 12.4. The van der Waals surface area contributed by atoms with Gasteiger partial charge in [0.05, 0.1) is 7.11 Å².